The molecule has 12 nitrogen and oxygen atoms in total. The molecule has 53 heavy (non-hydrogen) atoms. The number of methoxy groups -OCH3 is 2. The Bertz CT molecular complexity index is 1950. The molecule has 2 aromatic heterocycles. The molecule has 0 spiro atoms. The maximum atomic E-state index is 11.5. The summed E-state index contributed by atoms with van der Waals surface area (Å²) in [7, 11) is 3.09. The van der Waals surface area contributed by atoms with Crippen LogP contribution in [-0.4, -0.2) is 81.3 Å². The highest BCUT2D eigenvalue weighted by Gasteiger charge is 2.35. The van der Waals surface area contributed by atoms with E-state index in [1.54, 1.807) is 20.3 Å². The Hall–Kier alpha value is -4.02. The number of aliphatic carboxylic acids is 2. The summed E-state index contributed by atoms with van der Waals surface area (Å²) in [5, 5.41) is 18.8. The van der Waals surface area contributed by atoms with Crippen LogP contribution in [0.2, 0.25) is 0 Å². The average molecular weight is 830 g/mol. The van der Waals surface area contributed by atoms with E-state index < -0.39 is 24.0 Å². The lowest BCUT2D eigenvalue weighted by molar-refractivity contribution is -0.149. The Morgan fingerprint density at radius 2 is 1.23 bits per heavy atom. The van der Waals surface area contributed by atoms with Crippen molar-refractivity contribution in [3.63, 3.8) is 0 Å². The van der Waals surface area contributed by atoms with Crippen LogP contribution in [0.15, 0.2) is 59.1 Å². The maximum Gasteiger partial charge on any atom is 0.320 e. The van der Waals surface area contributed by atoms with Gasteiger partial charge in [-0.3, -0.25) is 19.4 Å². The first-order valence-electron chi connectivity index (χ1n) is 16.7. The largest absolute Gasteiger partial charge is 0.481 e. The van der Waals surface area contributed by atoms with Crippen LogP contribution in [0.5, 0.6) is 23.5 Å². The minimum absolute atomic E-state index is 0. The lowest BCUT2D eigenvalue weighted by Gasteiger charge is -2.38. The molecule has 284 valence electrons. The van der Waals surface area contributed by atoms with Crippen molar-refractivity contribution in [2.45, 2.75) is 65.1 Å². The SMILES string of the molecule is COc1nc(OCc2cccc(-c3cccc(COc4nc(OC)c(CN5CC[C@H]5C(=O)O)cc4Br)c3C)c2C)ccc1CN1CC[C@H]1C(=O)O.S.S. The molecule has 4 aromatic rings. The van der Waals surface area contributed by atoms with Gasteiger partial charge in [0.15, 0.2) is 0 Å². The number of aromatic nitrogens is 2. The number of carbonyl (C=O) groups is 2. The van der Waals surface area contributed by atoms with Gasteiger partial charge in [-0.25, -0.2) is 0 Å². The first-order valence-corrected chi connectivity index (χ1v) is 17.5. The number of rotatable bonds is 15. The molecular formula is C38H45BrN4O8S2. The quantitative estimate of drug-likeness (QED) is 0.140. The van der Waals surface area contributed by atoms with Crippen molar-refractivity contribution in [2.24, 2.45) is 0 Å². The summed E-state index contributed by atoms with van der Waals surface area (Å²) in [5.41, 5.74) is 7.91. The molecule has 0 bridgehead atoms. The lowest BCUT2D eigenvalue weighted by atomic mass is 9.92. The van der Waals surface area contributed by atoms with Gasteiger partial charge in [-0.1, -0.05) is 36.4 Å². The van der Waals surface area contributed by atoms with E-state index in [1.165, 1.54) is 0 Å². The van der Waals surface area contributed by atoms with E-state index in [0.29, 0.717) is 67.1 Å². The molecule has 4 heterocycles. The molecule has 0 radical (unpaired) electrons. The van der Waals surface area contributed by atoms with Crippen LogP contribution in [0.1, 0.15) is 46.2 Å². The number of ether oxygens (including phenoxy) is 4. The molecule has 0 amide bonds. The van der Waals surface area contributed by atoms with Crippen molar-refractivity contribution < 1.29 is 38.7 Å². The van der Waals surface area contributed by atoms with E-state index in [2.05, 4.69) is 51.9 Å². The van der Waals surface area contributed by atoms with Crippen LogP contribution in [0.3, 0.4) is 0 Å². The molecule has 0 saturated carbocycles. The number of halogens is 1. The Labute approximate surface area is 331 Å². The summed E-state index contributed by atoms with van der Waals surface area (Å²) in [6.45, 7) is 7.03. The molecule has 2 aliphatic heterocycles. The normalized spacial score (nSPS) is 16.6. The predicted molar refractivity (Wildman–Crippen MR) is 213 cm³/mol. The van der Waals surface area contributed by atoms with Crippen LogP contribution >= 0.6 is 42.9 Å². The van der Waals surface area contributed by atoms with Gasteiger partial charge < -0.3 is 29.2 Å². The Morgan fingerprint density at radius 3 is 1.72 bits per heavy atom. The zero-order chi connectivity index (χ0) is 36.2. The number of likely N-dealkylation sites (tertiary alicyclic amines) is 2. The monoisotopic (exact) mass is 828 g/mol. The number of pyridine rings is 2. The average Bonchev–Trinajstić information content (AvgIpc) is 3.08. The number of carboxylic acid groups (broad SMARTS) is 2. The fraction of sp³-hybridized carbons (Fsp3) is 0.368. The van der Waals surface area contributed by atoms with Gasteiger partial charge in [0, 0.05) is 43.4 Å². The third-order valence-corrected chi connectivity index (χ3v) is 10.4. The zero-order valence-electron chi connectivity index (χ0n) is 30.0. The highest BCUT2D eigenvalue weighted by Crippen LogP contribution is 2.35. The van der Waals surface area contributed by atoms with Gasteiger partial charge >= 0.3 is 11.9 Å². The number of benzene rings is 2. The van der Waals surface area contributed by atoms with Gasteiger partial charge in [0.05, 0.1) is 18.7 Å². The van der Waals surface area contributed by atoms with Gasteiger partial charge in [0.1, 0.15) is 25.3 Å². The van der Waals surface area contributed by atoms with E-state index >= 15 is 0 Å². The molecule has 0 unspecified atom stereocenters. The summed E-state index contributed by atoms with van der Waals surface area (Å²) in [6, 6.07) is 16.9. The van der Waals surface area contributed by atoms with E-state index in [4.69, 9.17) is 18.9 Å². The minimum Gasteiger partial charge on any atom is -0.481 e. The standard InChI is InChI=1S/C38H41BrN4O8.2H2S/c1-22-25(20-50-33-12-11-24(34(40-33)48-3)18-42-15-13-31(42)37(44)45)7-5-9-28(22)29-10-6-8-26(23(29)2)21-51-36-30(39)17-27(35(41-36)49-4)19-43-16-14-32(43)38(46)47;;/h5-12,17,31-32H,13-16,18-21H2,1-4H3,(H,44,45)(H,46,47);2*1H2/t31-,32-;;/m0../s1. The number of hydrogen-bond acceptors (Lipinski definition) is 10. The molecule has 0 aliphatic carbocycles. The van der Waals surface area contributed by atoms with Crippen molar-refractivity contribution in [3.05, 3.63) is 92.5 Å². The lowest BCUT2D eigenvalue weighted by Crippen LogP contribution is -2.51. The summed E-state index contributed by atoms with van der Waals surface area (Å²) in [5.74, 6) is -0.0128. The first-order chi connectivity index (χ1) is 24.6. The number of carboxylic acids is 2. The Balaban J connectivity index is 0.00000314. The smallest absolute Gasteiger partial charge is 0.320 e. The van der Waals surface area contributed by atoms with Gasteiger partial charge in [-0.05, 0) is 88.1 Å². The number of hydrogen-bond donors (Lipinski definition) is 2. The summed E-state index contributed by atoms with van der Waals surface area (Å²) < 4.78 is 24.1. The fourth-order valence-electron chi connectivity index (χ4n) is 6.53. The van der Waals surface area contributed by atoms with Gasteiger partial charge in [-0.2, -0.15) is 37.0 Å². The van der Waals surface area contributed by atoms with Crippen molar-refractivity contribution in [1.29, 1.82) is 0 Å². The molecule has 2 saturated heterocycles. The molecule has 2 aromatic carbocycles. The highest BCUT2D eigenvalue weighted by atomic mass is 79.9. The molecule has 6 rings (SSSR count). The first kappa shape index (κ1) is 41.7. The Kier molecular flexibility index (Phi) is 14.4. The third-order valence-electron chi connectivity index (χ3n) is 9.78. The molecule has 2 atom stereocenters. The predicted octanol–water partition coefficient (Wildman–Crippen LogP) is 6.24. The van der Waals surface area contributed by atoms with Crippen molar-refractivity contribution >= 4 is 54.9 Å². The van der Waals surface area contributed by atoms with E-state index in [9.17, 15) is 19.8 Å². The summed E-state index contributed by atoms with van der Waals surface area (Å²) in [4.78, 5) is 35.8. The fourth-order valence-corrected chi connectivity index (χ4v) is 7.01. The maximum absolute atomic E-state index is 11.5. The second-order valence-corrected chi connectivity index (χ2v) is 13.6. The molecule has 2 N–H and O–H groups in total. The zero-order valence-corrected chi connectivity index (χ0v) is 33.6. The summed E-state index contributed by atoms with van der Waals surface area (Å²) in [6.07, 6.45) is 1.27. The van der Waals surface area contributed by atoms with E-state index in [1.807, 2.05) is 46.2 Å². The molecular weight excluding hydrogens is 784 g/mol. The van der Waals surface area contributed by atoms with Gasteiger partial charge in [0.25, 0.3) is 0 Å². The van der Waals surface area contributed by atoms with Crippen LogP contribution in [-0.2, 0) is 35.9 Å². The van der Waals surface area contributed by atoms with Gasteiger partial charge in [0.2, 0.25) is 23.5 Å². The van der Waals surface area contributed by atoms with Crippen molar-refractivity contribution in [1.82, 2.24) is 19.8 Å². The second kappa shape index (κ2) is 18.3. The van der Waals surface area contributed by atoms with E-state index in [0.717, 1.165) is 51.1 Å². The van der Waals surface area contributed by atoms with Crippen molar-refractivity contribution in [3.8, 4) is 34.6 Å². The Morgan fingerprint density at radius 1 is 0.717 bits per heavy atom. The second-order valence-electron chi connectivity index (χ2n) is 12.7. The van der Waals surface area contributed by atoms with Crippen LogP contribution in [0.25, 0.3) is 11.1 Å². The topological polar surface area (TPSA) is 144 Å². The van der Waals surface area contributed by atoms with Crippen molar-refractivity contribution in [2.75, 3.05) is 27.3 Å². The highest BCUT2D eigenvalue weighted by molar-refractivity contribution is 9.10. The van der Waals surface area contributed by atoms with Crippen LogP contribution in [0.4, 0.5) is 0 Å². The molecule has 2 fully saturated rings. The molecule has 15 heteroatoms. The van der Waals surface area contributed by atoms with Crippen LogP contribution in [0, 0.1) is 13.8 Å². The minimum atomic E-state index is -0.821. The molecule has 2 aliphatic rings. The number of nitrogens with zero attached hydrogens (tertiary/aromatic N) is 4. The van der Waals surface area contributed by atoms with E-state index in [-0.39, 0.29) is 33.6 Å². The third kappa shape index (κ3) is 9.20. The van der Waals surface area contributed by atoms with Gasteiger partial charge in [-0.15, -0.1) is 0 Å². The summed E-state index contributed by atoms with van der Waals surface area (Å²) >= 11 is 3.59. The van der Waals surface area contributed by atoms with Crippen LogP contribution < -0.4 is 18.9 Å².